The summed E-state index contributed by atoms with van der Waals surface area (Å²) >= 11 is 0. The molecule has 2 heterocycles. The molecule has 1 aliphatic heterocycles. The van der Waals surface area contributed by atoms with Crippen LogP contribution in [-0.2, 0) is 27.4 Å². The van der Waals surface area contributed by atoms with Crippen molar-refractivity contribution in [2.24, 2.45) is 5.41 Å². The molecule has 1 aromatic heterocycles. The third-order valence-corrected chi connectivity index (χ3v) is 5.07. The summed E-state index contributed by atoms with van der Waals surface area (Å²) in [5.41, 5.74) is 0.214. The van der Waals surface area contributed by atoms with Crippen molar-refractivity contribution in [3.63, 3.8) is 0 Å². The first-order chi connectivity index (χ1) is 12.5. The number of carbonyl (C=O) groups excluding carboxylic acids is 1. The molecule has 0 bridgehead atoms. The van der Waals surface area contributed by atoms with E-state index in [-0.39, 0.29) is 24.7 Å². The van der Waals surface area contributed by atoms with Crippen molar-refractivity contribution >= 4 is 22.9 Å². The zero-order valence-corrected chi connectivity index (χ0v) is 14.7. The maximum Gasteiger partial charge on any atom is 0.329 e. The van der Waals surface area contributed by atoms with Gasteiger partial charge in [-0.1, -0.05) is 12.1 Å². The lowest BCUT2D eigenvalue weighted by Crippen LogP contribution is -2.47. The van der Waals surface area contributed by atoms with Crippen LogP contribution in [0.25, 0.3) is 11.0 Å². The van der Waals surface area contributed by atoms with Gasteiger partial charge in [-0.15, -0.1) is 0 Å². The number of hydrogen-bond acceptors (Lipinski definition) is 4. The number of carboxylic acids is 1. The maximum absolute atomic E-state index is 12.6. The van der Waals surface area contributed by atoms with Crippen LogP contribution in [0.5, 0.6) is 0 Å². The van der Waals surface area contributed by atoms with Gasteiger partial charge in [0.15, 0.2) is 0 Å². The molecule has 1 aliphatic rings. The highest BCUT2D eigenvalue weighted by Crippen LogP contribution is 2.30. The number of para-hydroxylation sites is 2. The minimum absolute atomic E-state index is 0.0334. The lowest BCUT2D eigenvalue weighted by atomic mass is 9.80. The minimum atomic E-state index is -1.00. The number of amides is 1. The van der Waals surface area contributed by atoms with Gasteiger partial charge in [0.25, 0.3) is 0 Å². The molecule has 140 valence electrons. The predicted octanol–water partition coefficient (Wildman–Crippen LogP) is 0.821. The van der Waals surface area contributed by atoms with Gasteiger partial charge in [-0.3, -0.25) is 18.7 Å². The molecule has 1 fully saturated rings. The van der Waals surface area contributed by atoms with Gasteiger partial charge in [-0.2, -0.15) is 0 Å². The largest absolute Gasteiger partial charge is 0.481 e. The lowest BCUT2D eigenvalue weighted by molar-refractivity contribution is -0.154. The highest BCUT2D eigenvalue weighted by Gasteiger charge is 2.40. The number of benzene rings is 1. The monoisotopic (exact) mass is 361 g/mol. The Balaban J connectivity index is 1.77. The summed E-state index contributed by atoms with van der Waals surface area (Å²) < 4.78 is 8.27. The number of nitrogens with zero attached hydrogens (tertiary/aromatic N) is 2. The first-order valence-corrected chi connectivity index (χ1v) is 8.74. The molecule has 1 aromatic carbocycles. The van der Waals surface area contributed by atoms with E-state index in [0.29, 0.717) is 38.1 Å². The van der Waals surface area contributed by atoms with Gasteiger partial charge in [0.2, 0.25) is 5.91 Å². The fourth-order valence-electron chi connectivity index (χ4n) is 3.43. The highest BCUT2D eigenvalue weighted by molar-refractivity contribution is 5.82. The highest BCUT2D eigenvalue weighted by atomic mass is 16.5. The molecule has 0 unspecified atom stereocenters. The summed E-state index contributed by atoms with van der Waals surface area (Å²) in [5, 5.41) is 12.2. The van der Waals surface area contributed by atoms with Gasteiger partial charge in [-0.05, 0) is 31.9 Å². The number of aryl methyl sites for hydroxylation is 1. The molecule has 0 atom stereocenters. The third kappa shape index (κ3) is 3.24. The molecule has 1 saturated heterocycles. The standard InChI is InChI=1S/C18H23N3O5/c1-2-20-13-5-3-4-6-14(13)21(17(20)25)11-15(22)19-12-18(16(23)24)7-9-26-10-8-18/h3-6H,2,7-12H2,1H3,(H,19,22)(H,23,24). The van der Waals surface area contributed by atoms with Crippen molar-refractivity contribution < 1.29 is 19.4 Å². The normalized spacial score (nSPS) is 16.5. The fourth-order valence-corrected chi connectivity index (χ4v) is 3.43. The number of carboxylic acid groups (broad SMARTS) is 1. The molecule has 0 spiro atoms. The Morgan fingerprint density at radius 2 is 1.81 bits per heavy atom. The first-order valence-electron chi connectivity index (χ1n) is 8.74. The van der Waals surface area contributed by atoms with Crippen molar-refractivity contribution in [3.8, 4) is 0 Å². The molecule has 0 aliphatic carbocycles. The van der Waals surface area contributed by atoms with Gasteiger partial charge >= 0.3 is 11.7 Å². The molecule has 0 saturated carbocycles. The van der Waals surface area contributed by atoms with Crippen LogP contribution < -0.4 is 11.0 Å². The van der Waals surface area contributed by atoms with E-state index in [1.165, 1.54) is 4.57 Å². The summed E-state index contributed by atoms with van der Waals surface area (Å²) in [6.45, 7) is 3.01. The fraction of sp³-hybridized carbons (Fsp3) is 0.500. The number of aliphatic carboxylic acids is 1. The van der Waals surface area contributed by atoms with E-state index in [1.807, 2.05) is 25.1 Å². The number of rotatable bonds is 6. The second-order valence-electron chi connectivity index (χ2n) is 6.58. The Morgan fingerprint density at radius 1 is 1.19 bits per heavy atom. The number of ether oxygens (including phenoxy) is 1. The minimum Gasteiger partial charge on any atom is -0.481 e. The second-order valence-corrected chi connectivity index (χ2v) is 6.58. The summed E-state index contributed by atoms with van der Waals surface area (Å²) in [5.74, 6) is -1.31. The smallest absolute Gasteiger partial charge is 0.329 e. The Hall–Kier alpha value is -2.61. The SMILES string of the molecule is CCn1c(=O)n(CC(=O)NCC2(C(=O)O)CCOCC2)c2ccccc21. The van der Waals surface area contributed by atoms with Crippen LogP contribution >= 0.6 is 0 Å². The van der Waals surface area contributed by atoms with Crippen molar-refractivity contribution in [1.82, 2.24) is 14.5 Å². The lowest BCUT2D eigenvalue weighted by Gasteiger charge is -2.33. The number of carbonyl (C=O) groups is 2. The molecule has 2 aromatic rings. The van der Waals surface area contributed by atoms with Crippen molar-refractivity contribution in [2.75, 3.05) is 19.8 Å². The molecular formula is C18H23N3O5. The molecule has 8 heteroatoms. The van der Waals surface area contributed by atoms with Gasteiger partial charge in [-0.25, -0.2) is 4.79 Å². The van der Waals surface area contributed by atoms with Crippen LogP contribution in [0.1, 0.15) is 19.8 Å². The quantitative estimate of drug-likeness (QED) is 0.793. The number of fused-ring (bicyclic) bond motifs is 1. The molecule has 26 heavy (non-hydrogen) atoms. The van der Waals surface area contributed by atoms with E-state index in [0.717, 1.165) is 5.52 Å². The van der Waals surface area contributed by atoms with Crippen LogP contribution in [-0.4, -0.2) is 45.9 Å². The van der Waals surface area contributed by atoms with E-state index < -0.39 is 11.4 Å². The summed E-state index contributed by atoms with van der Waals surface area (Å²) in [4.78, 5) is 36.6. The van der Waals surface area contributed by atoms with Crippen molar-refractivity contribution in [3.05, 3.63) is 34.7 Å². The average Bonchev–Trinajstić information content (AvgIpc) is 2.92. The zero-order valence-electron chi connectivity index (χ0n) is 14.7. The molecule has 1 amide bonds. The van der Waals surface area contributed by atoms with E-state index >= 15 is 0 Å². The van der Waals surface area contributed by atoms with Gasteiger partial charge in [0.05, 0.1) is 16.4 Å². The Labute approximate surface area is 150 Å². The van der Waals surface area contributed by atoms with Gasteiger partial charge < -0.3 is 15.2 Å². The first kappa shape index (κ1) is 18.2. The Morgan fingerprint density at radius 3 is 2.38 bits per heavy atom. The van der Waals surface area contributed by atoms with Crippen LogP contribution in [0, 0.1) is 5.41 Å². The Bertz CT molecular complexity index is 877. The van der Waals surface area contributed by atoms with Gasteiger partial charge in [0.1, 0.15) is 6.54 Å². The topological polar surface area (TPSA) is 103 Å². The van der Waals surface area contributed by atoms with E-state index in [1.54, 1.807) is 10.6 Å². The second kappa shape index (κ2) is 7.33. The van der Waals surface area contributed by atoms with Gasteiger partial charge in [0, 0.05) is 26.3 Å². The van der Waals surface area contributed by atoms with Crippen molar-refractivity contribution in [2.45, 2.75) is 32.9 Å². The molecule has 8 nitrogen and oxygen atoms in total. The third-order valence-electron chi connectivity index (χ3n) is 5.07. The van der Waals surface area contributed by atoms with Crippen molar-refractivity contribution in [1.29, 1.82) is 0 Å². The molecule has 3 rings (SSSR count). The summed E-state index contributed by atoms with van der Waals surface area (Å²) in [6, 6.07) is 7.31. The van der Waals surface area contributed by atoms with E-state index in [4.69, 9.17) is 4.74 Å². The molecule has 0 radical (unpaired) electrons. The Kier molecular flexibility index (Phi) is 5.13. The number of imidazole rings is 1. The van der Waals surface area contributed by atoms with Crippen LogP contribution in [0.2, 0.25) is 0 Å². The number of hydrogen-bond donors (Lipinski definition) is 2. The van der Waals surface area contributed by atoms with E-state index in [2.05, 4.69) is 5.32 Å². The van der Waals surface area contributed by atoms with E-state index in [9.17, 15) is 19.5 Å². The van der Waals surface area contributed by atoms with Crippen LogP contribution in [0.15, 0.2) is 29.1 Å². The number of nitrogens with one attached hydrogen (secondary N) is 1. The number of aromatic nitrogens is 2. The summed E-state index contributed by atoms with van der Waals surface area (Å²) in [7, 11) is 0. The molecular weight excluding hydrogens is 338 g/mol. The predicted molar refractivity (Wildman–Crippen MR) is 95.0 cm³/mol. The molecule has 2 N–H and O–H groups in total. The van der Waals surface area contributed by atoms with Crippen LogP contribution in [0.4, 0.5) is 0 Å². The van der Waals surface area contributed by atoms with Crippen LogP contribution in [0.3, 0.4) is 0 Å². The average molecular weight is 361 g/mol. The zero-order chi connectivity index (χ0) is 18.7. The summed E-state index contributed by atoms with van der Waals surface area (Å²) in [6.07, 6.45) is 0.718. The maximum atomic E-state index is 12.6.